The predicted octanol–water partition coefficient (Wildman–Crippen LogP) is 7.05. The first-order chi connectivity index (χ1) is 21.9. The molecule has 10 rings (SSSR count). The quantitative estimate of drug-likeness (QED) is 0.228. The fourth-order valence-corrected chi connectivity index (χ4v) is 6.63. The van der Waals surface area contributed by atoms with E-state index in [1.54, 1.807) is 6.20 Å². The van der Waals surface area contributed by atoms with Gasteiger partial charge in [0.05, 0.1) is 27.6 Å². The van der Waals surface area contributed by atoms with Crippen molar-refractivity contribution >= 4 is 61.2 Å². The maximum atomic E-state index is 5.00. The second-order valence-corrected chi connectivity index (χ2v) is 10.7. The van der Waals surface area contributed by atoms with Gasteiger partial charge in [-0.15, -0.1) is 0 Å². The second kappa shape index (κ2) is 8.59. The van der Waals surface area contributed by atoms with E-state index in [1.807, 2.05) is 59.4 Å². The van der Waals surface area contributed by atoms with Crippen molar-refractivity contribution < 1.29 is 0 Å². The summed E-state index contributed by atoms with van der Waals surface area (Å²) in [6.45, 7) is 0. The van der Waals surface area contributed by atoms with Crippen molar-refractivity contribution in [1.29, 1.82) is 0 Å². The third-order valence-electron chi connectivity index (χ3n) is 8.35. The van der Waals surface area contributed by atoms with Crippen molar-refractivity contribution in [2.24, 2.45) is 0 Å². The van der Waals surface area contributed by atoms with Crippen LogP contribution in [0.2, 0.25) is 0 Å². The summed E-state index contributed by atoms with van der Waals surface area (Å²) in [4.78, 5) is 24.1. The Kier molecular flexibility index (Phi) is 4.54. The second-order valence-electron chi connectivity index (χ2n) is 10.7. The summed E-state index contributed by atoms with van der Waals surface area (Å²) in [5.74, 6) is 0.760. The molecule has 0 N–H and O–H groups in total. The molecule has 0 amide bonds. The number of benzene rings is 2. The molecule has 0 aliphatic rings. The Morgan fingerprint density at radius 3 is 1.80 bits per heavy atom. The fourth-order valence-electron chi connectivity index (χ4n) is 6.63. The number of hydrogen-bond donors (Lipinski definition) is 0. The Morgan fingerprint density at radius 1 is 0.455 bits per heavy atom. The minimum atomic E-state index is 0.760. The van der Waals surface area contributed by atoms with Gasteiger partial charge in [0, 0.05) is 36.2 Å². The zero-order valence-corrected chi connectivity index (χ0v) is 23.1. The molecule has 9 heteroatoms. The number of para-hydroxylation sites is 1. The zero-order valence-electron chi connectivity index (χ0n) is 23.1. The van der Waals surface area contributed by atoms with Crippen molar-refractivity contribution in [2.45, 2.75) is 0 Å². The van der Waals surface area contributed by atoms with Crippen LogP contribution in [0.25, 0.3) is 78.3 Å². The number of pyridine rings is 4. The minimum Gasteiger partial charge on any atom is -0.293 e. The summed E-state index contributed by atoms with van der Waals surface area (Å²) < 4.78 is 8.76. The van der Waals surface area contributed by atoms with Crippen molar-refractivity contribution in [3.05, 3.63) is 128 Å². The van der Waals surface area contributed by atoms with Gasteiger partial charge in [-0.25, -0.2) is 19.4 Å². The lowest BCUT2D eigenvalue weighted by atomic mass is 10.2. The maximum Gasteiger partial charge on any atom is 0.223 e. The molecule has 8 aromatic heterocycles. The van der Waals surface area contributed by atoms with Crippen molar-refractivity contribution in [3.8, 4) is 17.1 Å². The Hall–Kier alpha value is -6.35. The predicted molar refractivity (Wildman–Crippen MR) is 172 cm³/mol. The monoisotopic (exact) mass is 567 g/mol. The molecule has 0 atom stereocenters. The van der Waals surface area contributed by atoms with Gasteiger partial charge < -0.3 is 0 Å². The summed E-state index contributed by atoms with van der Waals surface area (Å²) in [7, 11) is 0. The first-order valence-electron chi connectivity index (χ1n) is 14.4. The molecule has 0 fully saturated rings. The van der Waals surface area contributed by atoms with Crippen LogP contribution >= 0.6 is 0 Å². The lowest BCUT2D eigenvalue weighted by molar-refractivity contribution is 1.05. The van der Waals surface area contributed by atoms with Crippen molar-refractivity contribution in [2.75, 3.05) is 0 Å². The van der Waals surface area contributed by atoms with Gasteiger partial charge in [0.15, 0.2) is 11.3 Å². The number of rotatable bonds is 3. The van der Waals surface area contributed by atoms with Crippen LogP contribution in [-0.2, 0) is 0 Å². The van der Waals surface area contributed by atoms with Crippen LogP contribution in [-0.4, -0.2) is 43.0 Å². The molecule has 8 heterocycles. The largest absolute Gasteiger partial charge is 0.293 e. The van der Waals surface area contributed by atoms with Gasteiger partial charge in [-0.3, -0.25) is 23.7 Å². The lowest BCUT2D eigenvalue weighted by Crippen LogP contribution is -2.03. The van der Waals surface area contributed by atoms with Crippen LogP contribution in [0, 0.1) is 0 Å². The molecular formula is C35H21N9. The average molecular weight is 568 g/mol. The van der Waals surface area contributed by atoms with E-state index >= 15 is 0 Å². The van der Waals surface area contributed by atoms with Crippen molar-refractivity contribution in [1.82, 2.24) is 43.0 Å². The SMILES string of the molecule is c1ccc(-n2c3cccnc3c3c4ncccc4n(-c4cccc(-n5c6cccnc6n6c7ncccc7nc56)c4)c32)cc1. The molecule has 44 heavy (non-hydrogen) atoms. The van der Waals surface area contributed by atoms with E-state index in [0.717, 1.165) is 78.3 Å². The summed E-state index contributed by atoms with van der Waals surface area (Å²) in [5.41, 5.74) is 11.3. The van der Waals surface area contributed by atoms with Crippen LogP contribution < -0.4 is 0 Å². The van der Waals surface area contributed by atoms with E-state index in [-0.39, 0.29) is 0 Å². The van der Waals surface area contributed by atoms with Crippen LogP contribution in [0.3, 0.4) is 0 Å². The van der Waals surface area contributed by atoms with Crippen molar-refractivity contribution in [3.63, 3.8) is 0 Å². The smallest absolute Gasteiger partial charge is 0.223 e. The molecule has 0 aliphatic heterocycles. The van der Waals surface area contributed by atoms with E-state index in [0.29, 0.717) is 0 Å². The Balaban J connectivity index is 1.33. The third kappa shape index (κ3) is 2.99. The number of hydrogen-bond acceptors (Lipinski definition) is 5. The number of aromatic nitrogens is 9. The van der Waals surface area contributed by atoms with Gasteiger partial charge in [0.25, 0.3) is 0 Å². The standard InChI is InChI=1S/C35H21N9/c1-2-9-22(10-3-1)41-26-14-6-17-36-30(26)29-31-27(15-7-18-37-31)42(34(29)41)23-11-4-12-24(21-23)43-28-16-8-20-39-33(28)44-32-25(40-35(43)44)13-5-19-38-32/h1-21H. The van der Waals surface area contributed by atoms with E-state index in [1.165, 1.54) is 0 Å². The minimum absolute atomic E-state index is 0.760. The Morgan fingerprint density at radius 2 is 1.05 bits per heavy atom. The molecule has 10 aromatic rings. The van der Waals surface area contributed by atoms with E-state index in [4.69, 9.17) is 19.9 Å². The molecule has 0 saturated heterocycles. The normalized spacial score (nSPS) is 12.1. The summed E-state index contributed by atoms with van der Waals surface area (Å²) in [6.07, 6.45) is 7.30. The van der Waals surface area contributed by atoms with Crippen LogP contribution in [0.5, 0.6) is 0 Å². The van der Waals surface area contributed by atoms with E-state index in [9.17, 15) is 0 Å². The highest BCUT2D eigenvalue weighted by Gasteiger charge is 2.24. The van der Waals surface area contributed by atoms with Gasteiger partial charge in [0.2, 0.25) is 5.78 Å². The topological polar surface area (TPSA) is 83.7 Å². The number of nitrogens with zero attached hydrogens (tertiary/aromatic N) is 9. The summed E-state index contributed by atoms with van der Waals surface area (Å²) >= 11 is 0. The van der Waals surface area contributed by atoms with E-state index < -0.39 is 0 Å². The van der Waals surface area contributed by atoms with Crippen LogP contribution in [0.1, 0.15) is 0 Å². The molecule has 206 valence electrons. The average Bonchev–Trinajstić information content (AvgIpc) is 3.80. The fraction of sp³-hybridized carbons (Fsp3) is 0. The Labute approximate surface area is 248 Å². The first-order valence-corrected chi connectivity index (χ1v) is 14.4. The van der Waals surface area contributed by atoms with Gasteiger partial charge in [-0.1, -0.05) is 24.3 Å². The highest BCUT2D eigenvalue weighted by molar-refractivity contribution is 6.19. The highest BCUT2D eigenvalue weighted by Crippen LogP contribution is 2.39. The number of fused-ring (bicyclic) bond motifs is 10. The molecule has 0 saturated carbocycles. The molecule has 2 aromatic carbocycles. The molecule has 0 spiro atoms. The Bertz CT molecular complexity index is 2730. The molecular weight excluding hydrogens is 546 g/mol. The third-order valence-corrected chi connectivity index (χ3v) is 8.35. The molecule has 0 aliphatic carbocycles. The summed E-state index contributed by atoms with van der Waals surface area (Å²) in [6, 6.07) is 35.1. The van der Waals surface area contributed by atoms with E-state index in [2.05, 4.69) is 85.4 Å². The van der Waals surface area contributed by atoms with Crippen LogP contribution in [0.15, 0.2) is 128 Å². The first kappa shape index (κ1) is 23.2. The highest BCUT2D eigenvalue weighted by atomic mass is 15.3. The maximum absolute atomic E-state index is 5.00. The van der Waals surface area contributed by atoms with Gasteiger partial charge in [-0.05, 0) is 78.9 Å². The van der Waals surface area contributed by atoms with Gasteiger partial charge >= 0.3 is 0 Å². The molecule has 9 nitrogen and oxygen atoms in total. The number of imidazole rings is 2. The summed E-state index contributed by atoms with van der Waals surface area (Å²) in [5, 5.41) is 1.02. The molecule has 0 bridgehead atoms. The lowest BCUT2D eigenvalue weighted by Gasteiger charge is -2.14. The molecule has 0 radical (unpaired) electrons. The molecule has 0 unspecified atom stereocenters. The van der Waals surface area contributed by atoms with Gasteiger partial charge in [-0.2, -0.15) is 0 Å². The van der Waals surface area contributed by atoms with Crippen LogP contribution in [0.4, 0.5) is 0 Å². The zero-order chi connectivity index (χ0) is 28.8. The van der Waals surface area contributed by atoms with Gasteiger partial charge in [0.1, 0.15) is 22.2 Å².